The molecule has 0 saturated carbocycles. The van der Waals surface area contributed by atoms with Gasteiger partial charge in [0.05, 0.1) is 5.69 Å². The number of rotatable bonds is 3. The molecule has 18 heavy (non-hydrogen) atoms. The molecule has 0 radical (unpaired) electrons. The van der Waals surface area contributed by atoms with Gasteiger partial charge in [0, 0.05) is 5.56 Å². The summed E-state index contributed by atoms with van der Waals surface area (Å²) in [6.07, 6.45) is 0. The second-order valence-corrected chi connectivity index (χ2v) is 3.97. The minimum atomic E-state index is -0.364. The van der Waals surface area contributed by atoms with Gasteiger partial charge in [-0.05, 0) is 38.1 Å². The maximum Gasteiger partial charge on any atom is 0.291 e. The van der Waals surface area contributed by atoms with Crippen molar-refractivity contribution < 1.29 is 14.0 Å². The van der Waals surface area contributed by atoms with E-state index in [-0.39, 0.29) is 17.5 Å². The van der Waals surface area contributed by atoms with Crippen LogP contribution in [0, 0.1) is 6.92 Å². The van der Waals surface area contributed by atoms with E-state index in [9.17, 15) is 9.59 Å². The lowest BCUT2D eigenvalue weighted by Crippen LogP contribution is -2.13. The Labute approximate surface area is 105 Å². The molecule has 0 unspecified atom stereocenters. The average Bonchev–Trinajstić information content (AvgIpc) is 2.76. The van der Waals surface area contributed by atoms with E-state index < -0.39 is 0 Å². The van der Waals surface area contributed by atoms with Gasteiger partial charge in [-0.2, -0.15) is 0 Å². The van der Waals surface area contributed by atoms with Crippen LogP contribution in [0.2, 0.25) is 0 Å². The topological polar surface area (TPSA) is 59.3 Å². The van der Waals surface area contributed by atoms with Gasteiger partial charge in [0.2, 0.25) is 0 Å². The second kappa shape index (κ2) is 4.87. The molecule has 4 heteroatoms. The van der Waals surface area contributed by atoms with Gasteiger partial charge in [0.15, 0.2) is 11.5 Å². The SMILES string of the molecule is CC(=O)c1ccccc1NC(=O)c1ccc(C)o1. The molecule has 2 rings (SSSR count). The Balaban J connectivity index is 2.24. The summed E-state index contributed by atoms with van der Waals surface area (Å²) < 4.78 is 5.22. The summed E-state index contributed by atoms with van der Waals surface area (Å²) in [6.45, 7) is 3.22. The van der Waals surface area contributed by atoms with Gasteiger partial charge in [0.1, 0.15) is 5.76 Å². The summed E-state index contributed by atoms with van der Waals surface area (Å²) in [5, 5.41) is 2.67. The van der Waals surface area contributed by atoms with Gasteiger partial charge in [0.25, 0.3) is 5.91 Å². The fourth-order valence-corrected chi connectivity index (χ4v) is 1.64. The largest absolute Gasteiger partial charge is 0.456 e. The third-order valence-corrected chi connectivity index (χ3v) is 2.52. The van der Waals surface area contributed by atoms with E-state index in [4.69, 9.17) is 4.42 Å². The summed E-state index contributed by atoms with van der Waals surface area (Å²) in [5.74, 6) is 0.434. The molecule has 1 amide bonds. The molecule has 1 aromatic carbocycles. The summed E-state index contributed by atoms with van der Waals surface area (Å²) in [4.78, 5) is 23.3. The highest BCUT2D eigenvalue weighted by molar-refractivity contribution is 6.07. The number of hydrogen-bond acceptors (Lipinski definition) is 3. The third kappa shape index (κ3) is 2.48. The molecule has 0 spiro atoms. The standard InChI is InChI=1S/C14H13NO3/c1-9-7-8-13(18-9)14(17)15-12-6-4-3-5-11(12)10(2)16/h3-8H,1-2H3,(H,15,17). The third-order valence-electron chi connectivity index (χ3n) is 2.52. The van der Waals surface area contributed by atoms with Crippen LogP contribution in [0.4, 0.5) is 5.69 Å². The van der Waals surface area contributed by atoms with Crippen LogP contribution in [-0.2, 0) is 0 Å². The highest BCUT2D eigenvalue weighted by Gasteiger charge is 2.13. The normalized spacial score (nSPS) is 10.1. The first kappa shape index (κ1) is 12.1. The van der Waals surface area contributed by atoms with Crippen molar-refractivity contribution in [3.63, 3.8) is 0 Å². The maximum atomic E-state index is 11.9. The zero-order chi connectivity index (χ0) is 13.1. The van der Waals surface area contributed by atoms with Crippen molar-refractivity contribution in [2.24, 2.45) is 0 Å². The molecule has 1 aromatic heterocycles. The first-order chi connectivity index (χ1) is 8.58. The molecule has 0 fully saturated rings. The number of hydrogen-bond donors (Lipinski definition) is 1. The Morgan fingerprint density at radius 2 is 1.83 bits per heavy atom. The number of nitrogens with one attached hydrogen (secondary N) is 1. The molecule has 0 bridgehead atoms. The second-order valence-electron chi connectivity index (χ2n) is 3.97. The lowest BCUT2D eigenvalue weighted by Gasteiger charge is -2.07. The van der Waals surface area contributed by atoms with E-state index in [1.165, 1.54) is 6.92 Å². The van der Waals surface area contributed by atoms with Gasteiger partial charge >= 0.3 is 0 Å². The number of carbonyl (C=O) groups excluding carboxylic acids is 2. The number of anilines is 1. The first-order valence-corrected chi connectivity index (χ1v) is 5.55. The summed E-state index contributed by atoms with van der Waals surface area (Å²) in [5.41, 5.74) is 0.971. The lowest BCUT2D eigenvalue weighted by molar-refractivity contribution is 0.0995. The van der Waals surface area contributed by atoms with Crippen LogP contribution in [0.25, 0.3) is 0 Å². The van der Waals surface area contributed by atoms with Gasteiger partial charge < -0.3 is 9.73 Å². The van der Waals surface area contributed by atoms with Gasteiger partial charge in [-0.25, -0.2) is 0 Å². The number of benzene rings is 1. The molecule has 0 aliphatic rings. The van der Waals surface area contributed by atoms with Gasteiger partial charge in [-0.15, -0.1) is 0 Å². The van der Waals surface area contributed by atoms with Crippen molar-refractivity contribution in [2.45, 2.75) is 13.8 Å². The smallest absolute Gasteiger partial charge is 0.291 e. The molecular formula is C14H13NO3. The van der Waals surface area contributed by atoms with Crippen LogP contribution >= 0.6 is 0 Å². The Kier molecular flexibility index (Phi) is 3.28. The number of ketones is 1. The Morgan fingerprint density at radius 1 is 1.11 bits per heavy atom. The highest BCUT2D eigenvalue weighted by Crippen LogP contribution is 2.17. The van der Waals surface area contributed by atoms with Gasteiger partial charge in [-0.1, -0.05) is 12.1 Å². The van der Waals surface area contributed by atoms with E-state index in [2.05, 4.69) is 5.32 Å². The monoisotopic (exact) mass is 243 g/mol. The molecule has 1 N–H and O–H groups in total. The number of furan rings is 1. The van der Waals surface area contributed by atoms with Crippen LogP contribution in [0.15, 0.2) is 40.8 Å². The Morgan fingerprint density at radius 3 is 2.44 bits per heavy atom. The van der Waals surface area contributed by atoms with Crippen molar-refractivity contribution >= 4 is 17.4 Å². The van der Waals surface area contributed by atoms with E-state index in [0.29, 0.717) is 17.0 Å². The minimum absolute atomic E-state index is 0.0958. The molecule has 92 valence electrons. The molecule has 2 aromatic rings. The number of carbonyl (C=O) groups is 2. The van der Waals surface area contributed by atoms with Crippen LogP contribution in [-0.4, -0.2) is 11.7 Å². The summed E-state index contributed by atoms with van der Waals surface area (Å²) in [7, 11) is 0. The zero-order valence-electron chi connectivity index (χ0n) is 10.2. The van der Waals surface area contributed by atoms with Crippen molar-refractivity contribution in [3.8, 4) is 0 Å². The van der Waals surface area contributed by atoms with Crippen molar-refractivity contribution in [1.82, 2.24) is 0 Å². The fourth-order valence-electron chi connectivity index (χ4n) is 1.64. The van der Waals surface area contributed by atoms with E-state index in [1.54, 1.807) is 43.3 Å². The maximum absolute atomic E-state index is 11.9. The Bertz CT molecular complexity index is 599. The predicted molar refractivity (Wildman–Crippen MR) is 67.8 cm³/mol. The lowest BCUT2D eigenvalue weighted by atomic mass is 10.1. The molecule has 0 aliphatic heterocycles. The van der Waals surface area contributed by atoms with E-state index >= 15 is 0 Å². The molecule has 0 aliphatic carbocycles. The van der Waals surface area contributed by atoms with E-state index in [0.717, 1.165) is 0 Å². The quantitative estimate of drug-likeness (QED) is 0.843. The average molecular weight is 243 g/mol. The molecule has 0 atom stereocenters. The summed E-state index contributed by atoms with van der Waals surface area (Å²) >= 11 is 0. The van der Waals surface area contributed by atoms with Crippen LogP contribution in [0.5, 0.6) is 0 Å². The van der Waals surface area contributed by atoms with Gasteiger partial charge in [-0.3, -0.25) is 9.59 Å². The van der Waals surface area contributed by atoms with Crippen molar-refractivity contribution in [3.05, 3.63) is 53.5 Å². The number of Topliss-reactive ketones (excluding diaryl/α,β-unsaturated/α-hetero) is 1. The number of para-hydroxylation sites is 1. The van der Waals surface area contributed by atoms with Crippen molar-refractivity contribution in [1.29, 1.82) is 0 Å². The molecule has 4 nitrogen and oxygen atoms in total. The highest BCUT2D eigenvalue weighted by atomic mass is 16.3. The van der Waals surface area contributed by atoms with Crippen LogP contribution in [0.1, 0.15) is 33.6 Å². The summed E-state index contributed by atoms with van der Waals surface area (Å²) in [6, 6.07) is 10.2. The molecule has 1 heterocycles. The number of amides is 1. The predicted octanol–water partition coefficient (Wildman–Crippen LogP) is 3.04. The molecule has 0 saturated heterocycles. The fraction of sp³-hybridized carbons (Fsp3) is 0.143. The first-order valence-electron chi connectivity index (χ1n) is 5.55. The van der Waals surface area contributed by atoms with E-state index in [1.807, 2.05) is 0 Å². The van der Waals surface area contributed by atoms with Crippen LogP contribution < -0.4 is 5.32 Å². The number of aryl methyl sites for hydroxylation is 1. The zero-order valence-corrected chi connectivity index (χ0v) is 10.2. The minimum Gasteiger partial charge on any atom is -0.456 e. The van der Waals surface area contributed by atoms with Crippen molar-refractivity contribution in [2.75, 3.05) is 5.32 Å². The Hall–Kier alpha value is -2.36. The molecular weight excluding hydrogens is 230 g/mol. The van der Waals surface area contributed by atoms with Crippen LogP contribution in [0.3, 0.4) is 0 Å².